The normalized spacial score (nSPS) is 17.6. The van der Waals surface area contributed by atoms with E-state index >= 15 is 0 Å². The van der Waals surface area contributed by atoms with Crippen LogP contribution in [0.25, 0.3) is 0 Å². The summed E-state index contributed by atoms with van der Waals surface area (Å²) in [7, 11) is 0. The van der Waals surface area contributed by atoms with Gasteiger partial charge in [0.25, 0.3) is 0 Å². The number of carbonyl (C=O) groups is 1. The molecular weight excluding hydrogens is 270 g/mol. The van der Waals surface area contributed by atoms with Gasteiger partial charge >= 0.3 is 0 Å². The third-order valence-electron chi connectivity index (χ3n) is 3.83. The maximum atomic E-state index is 12.5. The first-order valence-corrected chi connectivity index (χ1v) is 7.70. The summed E-state index contributed by atoms with van der Waals surface area (Å²) < 4.78 is 0. The van der Waals surface area contributed by atoms with Gasteiger partial charge in [0.05, 0.1) is 5.92 Å². The molecule has 104 valence electrons. The smallest absolute Gasteiger partial charge is 0.231 e. The first-order valence-electron chi connectivity index (χ1n) is 6.82. The lowest BCUT2D eigenvalue weighted by Crippen LogP contribution is -2.23. The topological polar surface area (TPSA) is 49.3 Å². The quantitative estimate of drug-likeness (QED) is 0.825. The van der Waals surface area contributed by atoms with Crippen LogP contribution in [0.4, 0.5) is 5.69 Å². The summed E-state index contributed by atoms with van der Waals surface area (Å²) in [6, 6.07) is 7.22. The number of benzene rings is 1. The Labute approximate surface area is 122 Å². The summed E-state index contributed by atoms with van der Waals surface area (Å²) in [5, 5.41) is 14.6. The van der Waals surface area contributed by atoms with E-state index in [1.54, 1.807) is 29.5 Å². The lowest BCUT2D eigenvalue weighted by Gasteiger charge is -2.22. The molecule has 0 fully saturated rings. The standard InChI is InChI=1S/C16H17NO2S/c1-10-9-11(5-6-14(10)18)17-16(19)13-3-2-4-15-12(13)7-8-20-15/h5-9,13,18H,2-4H2,1H3,(H,17,19). The Morgan fingerprint density at radius 3 is 3.05 bits per heavy atom. The summed E-state index contributed by atoms with van der Waals surface area (Å²) >= 11 is 1.74. The average molecular weight is 287 g/mol. The molecule has 3 nitrogen and oxygen atoms in total. The number of carbonyl (C=O) groups excluding carboxylic acids is 1. The number of thiophene rings is 1. The fourth-order valence-electron chi connectivity index (χ4n) is 2.72. The zero-order valence-corrected chi connectivity index (χ0v) is 12.2. The molecule has 2 N–H and O–H groups in total. The zero-order valence-electron chi connectivity index (χ0n) is 11.3. The third kappa shape index (κ3) is 2.43. The molecule has 2 aromatic rings. The maximum Gasteiger partial charge on any atom is 0.231 e. The fraction of sp³-hybridized carbons (Fsp3) is 0.312. The van der Waals surface area contributed by atoms with Gasteiger partial charge in [0.2, 0.25) is 5.91 Å². The number of fused-ring (bicyclic) bond motifs is 1. The second-order valence-corrected chi connectivity index (χ2v) is 6.24. The molecule has 0 saturated heterocycles. The Morgan fingerprint density at radius 2 is 2.25 bits per heavy atom. The number of hydrogen-bond acceptors (Lipinski definition) is 3. The molecule has 1 aromatic carbocycles. The molecule has 4 heteroatoms. The molecule has 1 atom stereocenters. The van der Waals surface area contributed by atoms with Gasteiger partial charge in [-0.25, -0.2) is 0 Å². The lowest BCUT2D eigenvalue weighted by molar-refractivity contribution is -0.117. The highest BCUT2D eigenvalue weighted by molar-refractivity contribution is 7.10. The fourth-order valence-corrected chi connectivity index (χ4v) is 3.71. The van der Waals surface area contributed by atoms with Gasteiger partial charge in [-0.2, -0.15) is 0 Å². The second kappa shape index (κ2) is 5.29. The average Bonchev–Trinajstić information content (AvgIpc) is 2.91. The monoisotopic (exact) mass is 287 g/mol. The van der Waals surface area contributed by atoms with Gasteiger partial charge in [-0.1, -0.05) is 0 Å². The van der Waals surface area contributed by atoms with Crippen molar-refractivity contribution in [3.63, 3.8) is 0 Å². The first-order chi connectivity index (χ1) is 9.65. The van der Waals surface area contributed by atoms with Gasteiger partial charge < -0.3 is 10.4 Å². The van der Waals surface area contributed by atoms with Crippen molar-refractivity contribution in [3.8, 4) is 5.75 Å². The molecular formula is C16H17NO2S. The van der Waals surface area contributed by atoms with Gasteiger partial charge in [-0.15, -0.1) is 11.3 Å². The van der Waals surface area contributed by atoms with Crippen LogP contribution in [0.5, 0.6) is 5.75 Å². The van der Waals surface area contributed by atoms with Gasteiger partial charge in [-0.3, -0.25) is 4.79 Å². The lowest BCUT2D eigenvalue weighted by atomic mass is 9.87. The Balaban J connectivity index is 1.79. The number of nitrogens with one attached hydrogen (secondary N) is 1. The van der Waals surface area contributed by atoms with Crippen molar-refractivity contribution >= 4 is 22.9 Å². The van der Waals surface area contributed by atoms with E-state index in [1.165, 1.54) is 10.4 Å². The van der Waals surface area contributed by atoms with Crippen molar-refractivity contribution in [1.29, 1.82) is 0 Å². The molecule has 1 aromatic heterocycles. The number of aryl methyl sites for hydroxylation is 2. The molecule has 0 radical (unpaired) electrons. The summed E-state index contributed by atoms with van der Waals surface area (Å²) in [5.74, 6) is 0.259. The molecule has 20 heavy (non-hydrogen) atoms. The highest BCUT2D eigenvalue weighted by atomic mass is 32.1. The molecule has 1 aliphatic carbocycles. The number of amides is 1. The van der Waals surface area contributed by atoms with Crippen molar-refractivity contribution in [3.05, 3.63) is 45.6 Å². The predicted molar refractivity (Wildman–Crippen MR) is 81.5 cm³/mol. The maximum absolute atomic E-state index is 12.5. The number of rotatable bonds is 2. The van der Waals surface area contributed by atoms with Gasteiger partial charge in [-0.05, 0) is 67.0 Å². The van der Waals surface area contributed by atoms with E-state index in [2.05, 4.69) is 16.8 Å². The van der Waals surface area contributed by atoms with Gasteiger partial charge in [0.15, 0.2) is 0 Å². The summed E-state index contributed by atoms with van der Waals surface area (Å²) in [4.78, 5) is 13.8. The third-order valence-corrected chi connectivity index (χ3v) is 4.83. The van der Waals surface area contributed by atoms with Crippen molar-refractivity contribution in [2.24, 2.45) is 0 Å². The van der Waals surface area contributed by atoms with Crippen molar-refractivity contribution in [1.82, 2.24) is 0 Å². The molecule has 0 bridgehead atoms. The summed E-state index contributed by atoms with van der Waals surface area (Å²) in [5.41, 5.74) is 2.70. The molecule has 1 unspecified atom stereocenters. The van der Waals surface area contributed by atoms with Gasteiger partial charge in [0, 0.05) is 10.6 Å². The first kappa shape index (κ1) is 13.2. The van der Waals surface area contributed by atoms with E-state index in [9.17, 15) is 9.90 Å². The highest BCUT2D eigenvalue weighted by Gasteiger charge is 2.27. The van der Waals surface area contributed by atoms with Crippen LogP contribution in [0.2, 0.25) is 0 Å². The summed E-state index contributed by atoms with van der Waals surface area (Å²) in [6.45, 7) is 1.82. The van der Waals surface area contributed by atoms with Crippen LogP contribution in [-0.4, -0.2) is 11.0 Å². The van der Waals surface area contributed by atoms with Crippen LogP contribution >= 0.6 is 11.3 Å². The zero-order chi connectivity index (χ0) is 14.1. The van der Waals surface area contributed by atoms with Crippen LogP contribution in [-0.2, 0) is 11.2 Å². The molecule has 1 aliphatic rings. The minimum atomic E-state index is -0.0425. The Hall–Kier alpha value is -1.81. The molecule has 1 heterocycles. The molecule has 1 amide bonds. The highest BCUT2D eigenvalue weighted by Crippen LogP contribution is 2.35. The number of hydrogen-bond donors (Lipinski definition) is 2. The molecule has 0 saturated carbocycles. The number of anilines is 1. The van der Waals surface area contributed by atoms with Crippen molar-refractivity contribution < 1.29 is 9.90 Å². The van der Waals surface area contributed by atoms with E-state index in [4.69, 9.17) is 0 Å². The predicted octanol–water partition coefficient (Wildman–Crippen LogP) is 3.82. The Morgan fingerprint density at radius 1 is 1.40 bits per heavy atom. The molecule has 0 spiro atoms. The number of aromatic hydroxyl groups is 1. The van der Waals surface area contributed by atoms with Gasteiger partial charge in [0.1, 0.15) is 5.75 Å². The van der Waals surface area contributed by atoms with E-state index in [0.717, 1.165) is 30.5 Å². The minimum Gasteiger partial charge on any atom is -0.508 e. The van der Waals surface area contributed by atoms with Crippen LogP contribution in [0, 0.1) is 6.92 Å². The second-order valence-electron chi connectivity index (χ2n) is 5.23. The number of phenolic OH excluding ortho intramolecular Hbond substituents is 1. The van der Waals surface area contributed by atoms with Crippen LogP contribution in [0.3, 0.4) is 0 Å². The molecule has 3 rings (SSSR count). The van der Waals surface area contributed by atoms with E-state index < -0.39 is 0 Å². The van der Waals surface area contributed by atoms with Crippen LogP contribution < -0.4 is 5.32 Å². The largest absolute Gasteiger partial charge is 0.508 e. The van der Waals surface area contributed by atoms with E-state index in [1.807, 2.05) is 6.92 Å². The molecule has 0 aliphatic heterocycles. The van der Waals surface area contributed by atoms with Crippen LogP contribution in [0.15, 0.2) is 29.6 Å². The van der Waals surface area contributed by atoms with E-state index in [0.29, 0.717) is 0 Å². The Kier molecular flexibility index (Phi) is 3.49. The van der Waals surface area contributed by atoms with Crippen molar-refractivity contribution in [2.45, 2.75) is 32.1 Å². The van der Waals surface area contributed by atoms with Crippen molar-refractivity contribution in [2.75, 3.05) is 5.32 Å². The summed E-state index contributed by atoms with van der Waals surface area (Å²) in [6.07, 6.45) is 3.07. The minimum absolute atomic E-state index is 0.0425. The number of phenols is 1. The SMILES string of the molecule is Cc1cc(NC(=O)C2CCCc3sccc32)ccc1O. The Bertz CT molecular complexity index is 648. The van der Waals surface area contributed by atoms with E-state index in [-0.39, 0.29) is 17.6 Å². The van der Waals surface area contributed by atoms with Crippen LogP contribution in [0.1, 0.15) is 34.8 Å².